The van der Waals surface area contributed by atoms with Gasteiger partial charge in [0.2, 0.25) is 5.91 Å². The molecule has 1 aliphatic rings. The summed E-state index contributed by atoms with van der Waals surface area (Å²) in [6, 6.07) is 0. The monoisotopic (exact) mass is 357 g/mol. The molecule has 25 heavy (non-hydrogen) atoms. The van der Waals surface area contributed by atoms with Crippen molar-refractivity contribution in [1.82, 2.24) is 23.8 Å². The Labute approximate surface area is 151 Å². The first-order valence-electron chi connectivity index (χ1n) is 8.80. The molecule has 4 rings (SSSR count). The first-order chi connectivity index (χ1) is 12.1. The molecule has 7 heteroatoms. The minimum Gasteiger partial charge on any atom is -0.342 e. The number of thiazole rings is 1. The van der Waals surface area contributed by atoms with Crippen molar-refractivity contribution < 1.29 is 4.79 Å². The molecule has 0 bridgehead atoms. The largest absolute Gasteiger partial charge is 0.342 e. The van der Waals surface area contributed by atoms with Gasteiger partial charge in [-0.25, -0.2) is 9.97 Å². The van der Waals surface area contributed by atoms with Crippen molar-refractivity contribution in [2.45, 2.75) is 45.6 Å². The molecule has 0 aliphatic carbocycles. The molecule has 0 unspecified atom stereocenters. The van der Waals surface area contributed by atoms with Crippen LogP contribution in [0.15, 0.2) is 24.1 Å². The first kappa shape index (κ1) is 16.3. The molecule has 0 aromatic carbocycles. The number of hydrogen-bond donors (Lipinski definition) is 0. The fourth-order valence-corrected chi connectivity index (χ4v) is 4.85. The number of piperidine rings is 1. The van der Waals surface area contributed by atoms with Gasteiger partial charge in [-0.15, -0.1) is 11.3 Å². The van der Waals surface area contributed by atoms with E-state index in [1.54, 1.807) is 23.9 Å². The number of fused-ring (bicyclic) bond motifs is 1. The molecule has 0 radical (unpaired) electrons. The predicted molar refractivity (Wildman–Crippen MR) is 97.9 cm³/mol. The van der Waals surface area contributed by atoms with Gasteiger partial charge in [-0.1, -0.05) is 0 Å². The van der Waals surface area contributed by atoms with Gasteiger partial charge in [-0.3, -0.25) is 9.20 Å². The van der Waals surface area contributed by atoms with E-state index in [0.29, 0.717) is 18.9 Å². The van der Waals surface area contributed by atoms with Crippen molar-refractivity contribution in [3.8, 4) is 0 Å². The van der Waals surface area contributed by atoms with Crippen LogP contribution >= 0.6 is 11.3 Å². The van der Waals surface area contributed by atoms with Crippen molar-refractivity contribution >= 4 is 22.1 Å². The molecule has 1 fully saturated rings. The Hall–Kier alpha value is -2.15. The van der Waals surface area contributed by atoms with Crippen LogP contribution in [0, 0.1) is 13.8 Å². The zero-order valence-corrected chi connectivity index (χ0v) is 15.5. The van der Waals surface area contributed by atoms with Crippen LogP contribution in [0.1, 0.15) is 42.4 Å². The predicted octanol–water partition coefficient (Wildman–Crippen LogP) is 3.01. The van der Waals surface area contributed by atoms with Crippen LogP contribution in [-0.2, 0) is 11.3 Å². The molecule has 132 valence electrons. The molecular weight excluding hydrogens is 334 g/mol. The van der Waals surface area contributed by atoms with Gasteiger partial charge in [0.05, 0.1) is 12.0 Å². The smallest absolute Gasteiger partial charge is 0.224 e. The van der Waals surface area contributed by atoms with E-state index in [2.05, 4.69) is 28.6 Å². The average Bonchev–Trinajstić information content (AvgIpc) is 3.33. The summed E-state index contributed by atoms with van der Waals surface area (Å²) in [6.07, 6.45) is 8.08. The van der Waals surface area contributed by atoms with Crippen LogP contribution < -0.4 is 0 Å². The van der Waals surface area contributed by atoms with Gasteiger partial charge in [0, 0.05) is 55.4 Å². The number of hydrogen-bond acceptors (Lipinski definition) is 4. The number of likely N-dealkylation sites (tertiary alicyclic amines) is 1. The number of imidazole rings is 2. The van der Waals surface area contributed by atoms with Gasteiger partial charge in [0.15, 0.2) is 0 Å². The molecule has 4 heterocycles. The van der Waals surface area contributed by atoms with Gasteiger partial charge in [-0.05, 0) is 26.7 Å². The van der Waals surface area contributed by atoms with Crippen LogP contribution in [0.3, 0.4) is 0 Å². The summed E-state index contributed by atoms with van der Waals surface area (Å²) in [5, 5.41) is 2.18. The van der Waals surface area contributed by atoms with Crippen molar-refractivity contribution in [3.05, 3.63) is 41.3 Å². The highest BCUT2D eigenvalue weighted by Crippen LogP contribution is 2.33. The number of rotatable bonds is 4. The molecule has 1 aliphatic heterocycles. The maximum Gasteiger partial charge on any atom is 0.224 e. The summed E-state index contributed by atoms with van der Waals surface area (Å²) in [4.78, 5) is 24.7. The minimum atomic E-state index is 0.230. The molecule has 0 saturated carbocycles. The standard InChI is InChI=1S/C18H23N5OS/c1-13-11-25-18-17(20-14(2)23(13)18)15-4-3-7-22(10-15)16(24)5-8-21-9-6-19-12-21/h6,9,11-12,15H,3-5,7-8,10H2,1-2H3/t15-/m0/s1. The molecular formula is C18H23N5OS. The molecule has 1 saturated heterocycles. The van der Waals surface area contributed by atoms with Gasteiger partial charge < -0.3 is 9.47 Å². The van der Waals surface area contributed by atoms with E-state index < -0.39 is 0 Å². The van der Waals surface area contributed by atoms with E-state index in [1.807, 2.05) is 15.7 Å². The number of amides is 1. The minimum absolute atomic E-state index is 0.230. The second-order valence-corrected chi connectivity index (χ2v) is 7.65. The quantitative estimate of drug-likeness (QED) is 0.721. The molecule has 0 spiro atoms. The van der Waals surface area contributed by atoms with Crippen LogP contribution in [0.5, 0.6) is 0 Å². The Morgan fingerprint density at radius 3 is 3.08 bits per heavy atom. The molecule has 1 amide bonds. The lowest BCUT2D eigenvalue weighted by atomic mass is 9.95. The van der Waals surface area contributed by atoms with E-state index in [9.17, 15) is 4.79 Å². The Morgan fingerprint density at radius 1 is 1.40 bits per heavy atom. The van der Waals surface area contributed by atoms with E-state index >= 15 is 0 Å². The van der Waals surface area contributed by atoms with E-state index in [1.165, 1.54) is 16.2 Å². The lowest BCUT2D eigenvalue weighted by molar-refractivity contribution is -0.132. The summed E-state index contributed by atoms with van der Waals surface area (Å²) >= 11 is 1.76. The normalized spacial score (nSPS) is 18.2. The van der Waals surface area contributed by atoms with Crippen LogP contribution in [0.2, 0.25) is 0 Å². The Morgan fingerprint density at radius 2 is 2.28 bits per heavy atom. The second-order valence-electron chi connectivity index (χ2n) is 6.79. The fraction of sp³-hybridized carbons (Fsp3) is 0.500. The van der Waals surface area contributed by atoms with Crippen molar-refractivity contribution in [3.63, 3.8) is 0 Å². The van der Waals surface area contributed by atoms with E-state index in [4.69, 9.17) is 4.98 Å². The maximum atomic E-state index is 12.6. The van der Waals surface area contributed by atoms with Crippen molar-refractivity contribution in [2.24, 2.45) is 0 Å². The number of carbonyl (C=O) groups is 1. The second kappa shape index (κ2) is 6.63. The Bertz CT molecular complexity index is 879. The van der Waals surface area contributed by atoms with Crippen LogP contribution in [0.25, 0.3) is 4.83 Å². The average molecular weight is 357 g/mol. The highest BCUT2D eigenvalue weighted by Gasteiger charge is 2.28. The first-order valence-corrected chi connectivity index (χ1v) is 9.68. The molecule has 6 nitrogen and oxygen atoms in total. The molecule has 3 aromatic heterocycles. The van der Waals surface area contributed by atoms with Gasteiger partial charge in [0.25, 0.3) is 0 Å². The Balaban J connectivity index is 1.47. The fourth-order valence-electron chi connectivity index (χ4n) is 3.75. The molecule has 3 aromatic rings. The number of aryl methyl sites for hydroxylation is 3. The summed E-state index contributed by atoms with van der Waals surface area (Å²) in [5.41, 5.74) is 2.41. The lowest BCUT2D eigenvalue weighted by Crippen LogP contribution is -2.39. The highest BCUT2D eigenvalue weighted by molar-refractivity contribution is 7.15. The van der Waals surface area contributed by atoms with Gasteiger partial charge >= 0.3 is 0 Å². The summed E-state index contributed by atoms with van der Waals surface area (Å²) in [5.74, 6) is 1.62. The highest BCUT2D eigenvalue weighted by atomic mass is 32.1. The van der Waals surface area contributed by atoms with E-state index in [0.717, 1.165) is 31.8 Å². The van der Waals surface area contributed by atoms with Gasteiger partial charge in [-0.2, -0.15) is 0 Å². The zero-order valence-electron chi connectivity index (χ0n) is 14.7. The maximum absolute atomic E-state index is 12.6. The van der Waals surface area contributed by atoms with Crippen molar-refractivity contribution in [1.29, 1.82) is 0 Å². The number of carbonyl (C=O) groups excluding carboxylic acids is 1. The third-order valence-electron chi connectivity index (χ3n) is 5.03. The third-order valence-corrected chi connectivity index (χ3v) is 6.10. The van der Waals surface area contributed by atoms with Gasteiger partial charge in [0.1, 0.15) is 10.7 Å². The summed E-state index contributed by atoms with van der Waals surface area (Å²) in [6.45, 7) is 6.52. The van der Waals surface area contributed by atoms with Crippen LogP contribution in [0.4, 0.5) is 0 Å². The van der Waals surface area contributed by atoms with Crippen LogP contribution in [-0.4, -0.2) is 42.8 Å². The topological polar surface area (TPSA) is 55.4 Å². The SMILES string of the molecule is Cc1csc2c([C@H]3CCCN(C(=O)CCn4ccnc4)C3)nc(C)n12. The summed E-state index contributed by atoms with van der Waals surface area (Å²) in [7, 11) is 0. The lowest BCUT2D eigenvalue weighted by Gasteiger charge is -2.32. The van der Waals surface area contributed by atoms with E-state index in [-0.39, 0.29) is 5.91 Å². The zero-order chi connectivity index (χ0) is 17.4. The third kappa shape index (κ3) is 3.08. The summed E-state index contributed by atoms with van der Waals surface area (Å²) < 4.78 is 4.19. The number of nitrogens with zero attached hydrogens (tertiary/aromatic N) is 5. The number of aromatic nitrogens is 4. The molecule has 1 atom stereocenters. The molecule has 0 N–H and O–H groups in total. The Kier molecular flexibility index (Phi) is 4.33. The van der Waals surface area contributed by atoms with Crippen molar-refractivity contribution in [2.75, 3.05) is 13.1 Å².